The molecular formula is C5H10N4S. The molecule has 0 saturated heterocycles. The van der Waals surface area contributed by atoms with Crippen molar-refractivity contribution < 1.29 is 0 Å². The molecule has 0 saturated carbocycles. The van der Waals surface area contributed by atoms with Gasteiger partial charge in [0.15, 0.2) is 0 Å². The number of rotatable bonds is 3. The summed E-state index contributed by atoms with van der Waals surface area (Å²) < 4.78 is 3.67. The first kappa shape index (κ1) is 7.56. The molecule has 5 heteroatoms. The zero-order valence-electron chi connectivity index (χ0n) is 5.82. The van der Waals surface area contributed by atoms with Gasteiger partial charge in [0.1, 0.15) is 5.01 Å². The molecule has 0 spiro atoms. The van der Waals surface area contributed by atoms with Crippen molar-refractivity contribution >= 4 is 11.5 Å². The largest absolute Gasteiger partial charge is 0.330 e. The fourth-order valence-electron chi connectivity index (χ4n) is 0.703. The van der Waals surface area contributed by atoms with Gasteiger partial charge in [-0.25, -0.2) is 0 Å². The monoisotopic (exact) mass is 158 g/mol. The summed E-state index contributed by atoms with van der Waals surface area (Å²) >= 11 is 1.34. The molecular weight excluding hydrogens is 148 g/mol. The minimum Gasteiger partial charge on any atom is -0.330 e. The molecule has 0 aromatic carbocycles. The summed E-state index contributed by atoms with van der Waals surface area (Å²) in [6.07, 6.45) is 0.955. The van der Waals surface area contributed by atoms with Gasteiger partial charge in [0.2, 0.25) is 0 Å². The van der Waals surface area contributed by atoms with Crippen molar-refractivity contribution in [2.45, 2.75) is 19.3 Å². The Morgan fingerprint density at radius 1 is 1.70 bits per heavy atom. The van der Waals surface area contributed by atoms with Crippen LogP contribution < -0.4 is 5.73 Å². The van der Waals surface area contributed by atoms with Gasteiger partial charge in [-0.2, -0.15) is 0 Å². The molecule has 1 atom stereocenters. The van der Waals surface area contributed by atoms with E-state index in [4.69, 9.17) is 5.73 Å². The second-order valence-corrected chi connectivity index (χ2v) is 2.94. The first-order chi connectivity index (χ1) is 4.84. The molecule has 1 heterocycles. The van der Waals surface area contributed by atoms with Crippen molar-refractivity contribution in [2.24, 2.45) is 5.73 Å². The van der Waals surface area contributed by atoms with E-state index in [9.17, 15) is 0 Å². The molecule has 0 radical (unpaired) electrons. The van der Waals surface area contributed by atoms with Gasteiger partial charge in [0.05, 0.1) is 0 Å². The van der Waals surface area contributed by atoms with E-state index in [0.29, 0.717) is 12.5 Å². The van der Waals surface area contributed by atoms with Crippen LogP contribution in [0.25, 0.3) is 0 Å². The molecule has 4 nitrogen and oxygen atoms in total. The third-order valence-corrected chi connectivity index (χ3v) is 2.16. The minimum absolute atomic E-state index is 0.407. The summed E-state index contributed by atoms with van der Waals surface area (Å²) in [6.45, 7) is 2.77. The quantitative estimate of drug-likeness (QED) is 0.691. The lowest BCUT2D eigenvalue weighted by Gasteiger charge is -2.01. The second-order valence-electron chi connectivity index (χ2n) is 2.18. The summed E-state index contributed by atoms with van der Waals surface area (Å²) in [5.74, 6) is 0.407. The molecule has 10 heavy (non-hydrogen) atoms. The minimum atomic E-state index is 0.407. The highest BCUT2D eigenvalue weighted by molar-refractivity contribution is 7.05. The molecule has 1 aromatic rings. The summed E-state index contributed by atoms with van der Waals surface area (Å²) in [7, 11) is 0. The lowest BCUT2D eigenvalue weighted by Crippen LogP contribution is -2.04. The standard InChI is InChI=1S/C5H10N4S/c1-4(2-3-6)5-7-8-9-10-5/h4H,2-3,6H2,1H3. The van der Waals surface area contributed by atoms with E-state index in [1.165, 1.54) is 11.5 Å². The van der Waals surface area contributed by atoms with E-state index < -0.39 is 0 Å². The van der Waals surface area contributed by atoms with Crippen LogP contribution in [0.5, 0.6) is 0 Å². The van der Waals surface area contributed by atoms with E-state index in [2.05, 4.69) is 21.7 Å². The lowest BCUT2D eigenvalue weighted by atomic mass is 10.1. The van der Waals surface area contributed by atoms with Crippen molar-refractivity contribution in [3.8, 4) is 0 Å². The number of nitrogens with two attached hydrogens (primary N) is 1. The van der Waals surface area contributed by atoms with Crippen LogP contribution >= 0.6 is 11.5 Å². The Morgan fingerprint density at radius 2 is 2.50 bits per heavy atom. The average molecular weight is 158 g/mol. The van der Waals surface area contributed by atoms with Crippen LogP contribution in [0.3, 0.4) is 0 Å². The summed E-state index contributed by atoms with van der Waals surface area (Å²) in [6, 6.07) is 0. The third kappa shape index (κ3) is 1.71. The number of hydrogen-bond acceptors (Lipinski definition) is 5. The second kappa shape index (κ2) is 3.58. The van der Waals surface area contributed by atoms with Crippen molar-refractivity contribution in [1.29, 1.82) is 0 Å². The van der Waals surface area contributed by atoms with Gasteiger partial charge in [-0.15, -0.1) is 5.10 Å². The zero-order valence-corrected chi connectivity index (χ0v) is 6.64. The summed E-state index contributed by atoms with van der Waals surface area (Å²) in [4.78, 5) is 0. The number of nitrogens with zero attached hydrogens (tertiary/aromatic N) is 3. The number of aromatic nitrogens is 3. The first-order valence-corrected chi connectivity index (χ1v) is 3.97. The van der Waals surface area contributed by atoms with E-state index in [1.54, 1.807) is 0 Å². The highest BCUT2D eigenvalue weighted by Crippen LogP contribution is 2.16. The van der Waals surface area contributed by atoms with Crippen LogP contribution in [-0.4, -0.2) is 21.3 Å². The van der Waals surface area contributed by atoms with E-state index in [0.717, 1.165) is 11.4 Å². The fraction of sp³-hybridized carbons (Fsp3) is 0.800. The first-order valence-electron chi connectivity index (χ1n) is 3.19. The normalized spacial score (nSPS) is 13.4. The maximum Gasteiger partial charge on any atom is 0.140 e. The van der Waals surface area contributed by atoms with Gasteiger partial charge in [0, 0.05) is 17.5 Å². The van der Waals surface area contributed by atoms with Gasteiger partial charge in [-0.05, 0) is 18.2 Å². The fourth-order valence-corrected chi connectivity index (χ4v) is 1.23. The zero-order chi connectivity index (χ0) is 7.40. The Balaban J connectivity index is 2.50. The van der Waals surface area contributed by atoms with Crippen LogP contribution in [0, 0.1) is 0 Å². The Morgan fingerprint density at radius 3 is 3.00 bits per heavy atom. The molecule has 1 rings (SSSR count). The highest BCUT2D eigenvalue weighted by Gasteiger charge is 2.07. The maximum absolute atomic E-state index is 5.37. The smallest absolute Gasteiger partial charge is 0.140 e. The molecule has 0 aliphatic rings. The van der Waals surface area contributed by atoms with Gasteiger partial charge >= 0.3 is 0 Å². The van der Waals surface area contributed by atoms with Crippen LogP contribution in [0.2, 0.25) is 0 Å². The summed E-state index contributed by atoms with van der Waals surface area (Å²) in [5, 5.41) is 8.32. The highest BCUT2D eigenvalue weighted by atomic mass is 32.1. The molecule has 0 aliphatic heterocycles. The Bertz CT molecular complexity index is 174. The van der Waals surface area contributed by atoms with Crippen molar-refractivity contribution in [2.75, 3.05) is 6.54 Å². The molecule has 0 aliphatic carbocycles. The maximum atomic E-state index is 5.37. The van der Waals surface area contributed by atoms with Crippen LogP contribution in [-0.2, 0) is 0 Å². The predicted molar refractivity (Wildman–Crippen MR) is 39.8 cm³/mol. The summed E-state index contributed by atoms with van der Waals surface area (Å²) in [5.41, 5.74) is 5.37. The van der Waals surface area contributed by atoms with Crippen LogP contribution in [0.15, 0.2) is 0 Å². The van der Waals surface area contributed by atoms with E-state index in [1.807, 2.05) is 0 Å². The van der Waals surface area contributed by atoms with Crippen molar-refractivity contribution in [1.82, 2.24) is 14.8 Å². The SMILES string of the molecule is CC(CCN)c1nnns1. The van der Waals surface area contributed by atoms with Gasteiger partial charge < -0.3 is 5.73 Å². The molecule has 1 unspecified atom stereocenters. The molecule has 0 fully saturated rings. The Kier molecular flexibility index (Phi) is 2.70. The Hall–Kier alpha value is -0.550. The lowest BCUT2D eigenvalue weighted by molar-refractivity contribution is 0.674. The van der Waals surface area contributed by atoms with Gasteiger partial charge in [0.25, 0.3) is 0 Å². The van der Waals surface area contributed by atoms with Crippen LogP contribution in [0.1, 0.15) is 24.3 Å². The van der Waals surface area contributed by atoms with E-state index >= 15 is 0 Å². The average Bonchev–Trinajstić information content (AvgIpc) is 2.38. The van der Waals surface area contributed by atoms with Crippen molar-refractivity contribution in [3.63, 3.8) is 0 Å². The topological polar surface area (TPSA) is 64.7 Å². The van der Waals surface area contributed by atoms with Gasteiger partial charge in [-0.3, -0.25) is 0 Å². The van der Waals surface area contributed by atoms with E-state index in [-0.39, 0.29) is 0 Å². The molecule has 0 amide bonds. The Labute approximate surface area is 63.6 Å². The third-order valence-electron chi connectivity index (χ3n) is 1.34. The molecule has 2 N–H and O–H groups in total. The molecule has 56 valence electrons. The molecule has 0 bridgehead atoms. The molecule has 1 aromatic heterocycles. The van der Waals surface area contributed by atoms with Crippen molar-refractivity contribution in [3.05, 3.63) is 5.01 Å². The van der Waals surface area contributed by atoms with Gasteiger partial charge in [-0.1, -0.05) is 11.4 Å². The van der Waals surface area contributed by atoms with Crippen LogP contribution in [0.4, 0.5) is 0 Å². The number of hydrogen-bond donors (Lipinski definition) is 1. The predicted octanol–water partition coefficient (Wildman–Crippen LogP) is 0.385.